The van der Waals surface area contributed by atoms with Crippen molar-refractivity contribution in [2.45, 2.75) is 59.0 Å². The standard InChI is InChI=1S/C29H35F2N5O3/c1-20(2)29-33-32-27(39-29)10-11-28(38)35-15-14-34(18-22-8-5-4-6-9-22)12-7-13-36(21(3)37)26-17-25(31)24(30)16-23(26)19-35/h4-6,8-9,16-17,20H,7,10-15,18-19H2,1-3H3. The number of hydrogen-bond donors (Lipinski definition) is 0. The average Bonchev–Trinajstić information content (AvgIpc) is 3.38. The fraction of sp³-hybridized carbons (Fsp3) is 0.448. The molecule has 39 heavy (non-hydrogen) atoms. The van der Waals surface area contributed by atoms with Gasteiger partial charge < -0.3 is 14.2 Å². The molecule has 0 N–H and O–H groups in total. The Labute approximate surface area is 227 Å². The number of benzene rings is 2. The Kier molecular flexibility index (Phi) is 9.40. The van der Waals surface area contributed by atoms with E-state index < -0.39 is 11.6 Å². The number of carbonyl (C=O) groups is 2. The maximum Gasteiger partial charge on any atom is 0.223 e. The van der Waals surface area contributed by atoms with Crippen molar-refractivity contribution in [1.82, 2.24) is 20.0 Å². The van der Waals surface area contributed by atoms with E-state index in [0.717, 1.165) is 17.7 Å². The Morgan fingerprint density at radius 2 is 1.74 bits per heavy atom. The summed E-state index contributed by atoms with van der Waals surface area (Å²) in [5, 5.41) is 8.07. The van der Waals surface area contributed by atoms with Crippen molar-refractivity contribution in [3.8, 4) is 0 Å². The molecule has 0 fully saturated rings. The molecule has 3 aromatic rings. The number of hydrogen-bond acceptors (Lipinski definition) is 6. The van der Waals surface area contributed by atoms with E-state index in [1.54, 1.807) is 4.90 Å². The van der Waals surface area contributed by atoms with Crippen LogP contribution in [-0.2, 0) is 29.1 Å². The van der Waals surface area contributed by atoms with Gasteiger partial charge in [0.1, 0.15) is 0 Å². The van der Waals surface area contributed by atoms with Crippen LogP contribution in [0.3, 0.4) is 0 Å². The molecule has 10 heteroatoms. The van der Waals surface area contributed by atoms with E-state index in [9.17, 15) is 18.4 Å². The van der Waals surface area contributed by atoms with Gasteiger partial charge in [-0.25, -0.2) is 8.78 Å². The smallest absolute Gasteiger partial charge is 0.223 e. The third-order valence-corrected chi connectivity index (χ3v) is 6.83. The molecule has 0 bridgehead atoms. The summed E-state index contributed by atoms with van der Waals surface area (Å²) in [7, 11) is 0. The van der Waals surface area contributed by atoms with Crippen molar-refractivity contribution >= 4 is 17.5 Å². The summed E-state index contributed by atoms with van der Waals surface area (Å²) in [4.78, 5) is 31.4. The average molecular weight is 540 g/mol. The van der Waals surface area contributed by atoms with Crippen LogP contribution in [0, 0.1) is 11.6 Å². The fourth-order valence-corrected chi connectivity index (χ4v) is 4.70. The van der Waals surface area contributed by atoms with Gasteiger partial charge >= 0.3 is 0 Å². The monoisotopic (exact) mass is 539 g/mol. The molecule has 2 amide bonds. The Morgan fingerprint density at radius 1 is 1.00 bits per heavy atom. The van der Waals surface area contributed by atoms with Gasteiger partial charge in [-0.2, -0.15) is 0 Å². The maximum atomic E-state index is 14.4. The van der Waals surface area contributed by atoms with Crippen LogP contribution in [0.25, 0.3) is 0 Å². The van der Waals surface area contributed by atoms with Crippen molar-refractivity contribution in [3.63, 3.8) is 0 Å². The SMILES string of the molecule is CC(=O)N1CCCN(Cc2ccccc2)CCN(C(=O)CCc2nnc(C(C)C)o2)Cc2cc(F)c(F)cc21. The van der Waals surface area contributed by atoms with Crippen LogP contribution in [0.2, 0.25) is 0 Å². The minimum absolute atomic E-state index is 0.0371. The lowest BCUT2D eigenvalue weighted by molar-refractivity contribution is -0.132. The van der Waals surface area contributed by atoms with Crippen LogP contribution < -0.4 is 4.90 Å². The van der Waals surface area contributed by atoms with Gasteiger partial charge in [0, 0.05) is 71.0 Å². The molecule has 1 aliphatic rings. The molecule has 1 aliphatic heterocycles. The second-order valence-electron chi connectivity index (χ2n) is 10.2. The molecular formula is C29H35F2N5O3. The molecule has 0 aliphatic carbocycles. The van der Waals surface area contributed by atoms with Gasteiger partial charge in [-0.05, 0) is 23.6 Å². The van der Waals surface area contributed by atoms with Crippen molar-refractivity contribution in [2.75, 3.05) is 31.1 Å². The summed E-state index contributed by atoms with van der Waals surface area (Å²) in [5.41, 5.74) is 1.81. The Hall–Kier alpha value is -3.66. The molecule has 0 radical (unpaired) electrons. The third kappa shape index (κ3) is 7.47. The van der Waals surface area contributed by atoms with E-state index in [-0.39, 0.29) is 42.8 Å². The zero-order chi connectivity index (χ0) is 27.9. The second-order valence-corrected chi connectivity index (χ2v) is 10.2. The van der Waals surface area contributed by atoms with Gasteiger partial charge in [0.05, 0.1) is 5.69 Å². The molecule has 0 atom stereocenters. The zero-order valence-electron chi connectivity index (χ0n) is 22.7. The van der Waals surface area contributed by atoms with Crippen molar-refractivity contribution in [1.29, 1.82) is 0 Å². The molecule has 0 saturated carbocycles. The molecule has 208 valence electrons. The lowest BCUT2D eigenvalue weighted by Crippen LogP contribution is -2.38. The second kappa shape index (κ2) is 12.9. The van der Waals surface area contributed by atoms with Crippen molar-refractivity contribution in [3.05, 3.63) is 77.0 Å². The highest BCUT2D eigenvalue weighted by molar-refractivity contribution is 5.92. The predicted octanol–water partition coefficient (Wildman–Crippen LogP) is 4.69. The minimum Gasteiger partial charge on any atom is -0.425 e. The first-order chi connectivity index (χ1) is 18.7. The van der Waals surface area contributed by atoms with E-state index >= 15 is 0 Å². The van der Waals surface area contributed by atoms with E-state index in [4.69, 9.17) is 4.42 Å². The molecule has 0 unspecified atom stereocenters. The first kappa shape index (κ1) is 28.4. The topological polar surface area (TPSA) is 82.8 Å². The lowest BCUT2D eigenvalue weighted by atomic mass is 10.1. The number of halogens is 2. The van der Waals surface area contributed by atoms with Crippen LogP contribution >= 0.6 is 0 Å². The molecule has 2 aromatic carbocycles. The first-order valence-corrected chi connectivity index (χ1v) is 13.3. The van der Waals surface area contributed by atoms with Crippen molar-refractivity contribution in [2.24, 2.45) is 0 Å². The van der Waals surface area contributed by atoms with Crippen LogP contribution in [0.1, 0.15) is 62.4 Å². The van der Waals surface area contributed by atoms with Crippen LogP contribution in [0.5, 0.6) is 0 Å². The Morgan fingerprint density at radius 3 is 2.44 bits per heavy atom. The summed E-state index contributed by atoms with van der Waals surface area (Å²) in [5.74, 6) is -1.52. The van der Waals surface area contributed by atoms with E-state index in [1.807, 2.05) is 44.2 Å². The molecule has 4 rings (SSSR count). The molecule has 1 aromatic heterocycles. The Bertz CT molecular complexity index is 1280. The number of fused-ring (bicyclic) bond motifs is 1. The predicted molar refractivity (Wildman–Crippen MR) is 143 cm³/mol. The Balaban J connectivity index is 1.60. The zero-order valence-corrected chi connectivity index (χ0v) is 22.7. The summed E-state index contributed by atoms with van der Waals surface area (Å²) in [6, 6.07) is 12.2. The largest absolute Gasteiger partial charge is 0.425 e. The highest BCUT2D eigenvalue weighted by atomic mass is 19.2. The molecule has 0 saturated heterocycles. The highest BCUT2D eigenvalue weighted by Crippen LogP contribution is 2.27. The normalized spacial score (nSPS) is 15.2. The number of rotatable bonds is 6. The summed E-state index contributed by atoms with van der Waals surface area (Å²) in [6.45, 7) is 7.99. The lowest BCUT2D eigenvalue weighted by Gasteiger charge is -2.28. The fourth-order valence-electron chi connectivity index (χ4n) is 4.70. The quantitative estimate of drug-likeness (QED) is 0.452. The maximum absolute atomic E-state index is 14.4. The van der Waals surface area contributed by atoms with Crippen LogP contribution in [0.4, 0.5) is 14.5 Å². The van der Waals surface area contributed by atoms with Gasteiger partial charge in [-0.3, -0.25) is 14.5 Å². The van der Waals surface area contributed by atoms with E-state index in [0.29, 0.717) is 56.5 Å². The van der Waals surface area contributed by atoms with Gasteiger partial charge in [0.25, 0.3) is 0 Å². The number of aromatic nitrogens is 2. The van der Waals surface area contributed by atoms with Crippen LogP contribution in [-0.4, -0.2) is 58.0 Å². The molecule has 8 nitrogen and oxygen atoms in total. The third-order valence-electron chi connectivity index (χ3n) is 6.83. The summed E-state index contributed by atoms with van der Waals surface area (Å²) >= 11 is 0. The van der Waals surface area contributed by atoms with Crippen LogP contribution in [0.15, 0.2) is 46.9 Å². The minimum atomic E-state index is -1.03. The number of nitrogens with zero attached hydrogens (tertiary/aromatic N) is 5. The number of amides is 2. The van der Waals surface area contributed by atoms with Gasteiger partial charge in [-0.1, -0.05) is 44.2 Å². The van der Waals surface area contributed by atoms with Crippen molar-refractivity contribution < 1.29 is 22.8 Å². The first-order valence-electron chi connectivity index (χ1n) is 13.3. The van der Waals surface area contributed by atoms with E-state index in [1.165, 1.54) is 11.8 Å². The number of aryl methyl sites for hydroxylation is 1. The highest BCUT2D eigenvalue weighted by Gasteiger charge is 2.25. The van der Waals surface area contributed by atoms with E-state index in [2.05, 4.69) is 15.1 Å². The molecular weight excluding hydrogens is 504 g/mol. The van der Waals surface area contributed by atoms with Gasteiger partial charge in [-0.15, -0.1) is 10.2 Å². The van der Waals surface area contributed by atoms with Gasteiger partial charge in [0.15, 0.2) is 11.6 Å². The van der Waals surface area contributed by atoms with Gasteiger partial charge in [0.2, 0.25) is 23.6 Å². The summed E-state index contributed by atoms with van der Waals surface area (Å²) < 4.78 is 34.4. The number of carbonyl (C=O) groups excluding carboxylic acids is 2. The number of anilines is 1. The molecule has 2 heterocycles. The summed E-state index contributed by atoms with van der Waals surface area (Å²) in [6.07, 6.45) is 1.02. The molecule has 0 spiro atoms.